The molecule has 1 N–H and O–H groups in total. The number of carbonyl (C=O) groups is 1. The van der Waals surface area contributed by atoms with E-state index in [-0.39, 0.29) is 0 Å². The summed E-state index contributed by atoms with van der Waals surface area (Å²) in [6.45, 7) is 3.25. The Labute approximate surface area is 128 Å². The molecule has 21 heavy (non-hydrogen) atoms. The smallest absolute Gasteiger partial charge is 0.320 e. The van der Waals surface area contributed by atoms with Crippen LogP contribution in [0.15, 0.2) is 24.3 Å². The Bertz CT molecular complexity index is 702. The first-order chi connectivity index (χ1) is 10.1. The molecule has 1 aromatic carbocycles. The number of para-hydroxylation sites is 1. The van der Waals surface area contributed by atoms with Crippen molar-refractivity contribution in [3.63, 3.8) is 0 Å². The van der Waals surface area contributed by atoms with Crippen LogP contribution in [0, 0.1) is 6.92 Å². The Morgan fingerprint density at radius 2 is 2.24 bits per heavy atom. The first kappa shape index (κ1) is 14.3. The summed E-state index contributed by atoms with van der Waals surface area (Å²) in [5, 5.41) is 10.9. The molecule has 0 amide bonds. The SMILES string of the molecule is Cc1c(Cl)c(CN2CCC[C@H]2C(=O)O)nc2ccccc12. The lowest BCUT2D eigenvalue weighted by molar-refractivity contribution is -0.142. The molecule has 4 nitrogen and oxygen atoms in total. The summed E-state index contributed by atoms with van der Waals surface area (Å²) in [4.78, 5) is 17.8. The number of pyridine rings is 1. The third-order valence-corrected chi connectivity index (χ3v) is 4.65. The molecule has 1 aliphatic heterocycles. The predicted molar refractivity (Wildman–Crippen MR) is 82.6 cm³/mol. The number of rotatable bonds is 3. The second-order valence-electron chi connectivity index (χ2n) is 5.48. The van der Waals surface area contributed by atoms with Gasteiger partial charge in [-0.1, -0.05) is 29.8 Å². The molecule has 1 aliphatic rings. The minimum absolute atomic E-state index is 0.422. The zero-order valence-electron chi connectivity index (χ0n) is 11.8. The van der Waals surface area contributed by atoms with E-state index in [1.165, 1.54) is 0 Å². The Morgan fingerprint density at radius 1 is 1.48 bits per heavy atom. The number of nitrogens with zero attached hydrogens (tertiary/aromatic N) is 2. The van der Waals surface area contributed by atoms with Crippen LogP contribution < -0.4 is 0 Å². The van der Waals surface area contributed by atoms with Gasteiger partial charge in [0.25, 0.3) is 0 Å². The van der Waals surface area contributed by atoms with Crippen molar-refractivity contribution >= 4 is 28.5 Å². The highest BCUT2D eigenvalue weighted by atomic mass is 35.5. The number of aliphatic carboxylic acids is 1. The van der Waals surface area contributed by atoms with Crippen molar-refractivity contribution in [1.82, 2.24) is 9.88 Å². The second kappa shape index (κ2) is 5.62. The predicted octanol–water partition coefficient (Wildman–Crippen LogP) is 3.25. The van der Waals surface area contributed by atoms with Crippen LogP contribution in [0.2, 0.25) is 5.02 Å². The number of hydrogen-bond donors (Lipinski definition) is 1. The van der Waals surface area contributed by atoms with E-state index in [2.05, 4.69) is 4.98 Å². The fourth-order valence-corrected chi connectivity index (χ4v) is 3.21. The quantitative estimate of drug-likeness (QED) is 0.946. The minimum Gasteiger partial charge on any atom is -0.480 e. The molecule has 1 saturated heterocycles. The normalized spacial score (nSPS) is 19.2. The molecule has 110 valence electrons. The molecule has 1 aromatic heterocycles. The van der Waals surface area contributed by atoms with E-state index in [0.29, 0.717) is 18.0 Å². The summed E-state index contributed by atoms with van der Waals surface area (Å²) in [6.07, 6.45) is 1.60. The van der Waals surface area contributed by atoms with Crippen molar-refractivity contribution in [2.24, 2.45) is 0 Å². The molecular formula is C16H17ClN2O2. The molecule has 0 bridgehead atoms. The fourth-order valence-electron chi connectivity index (χ4n) is 3.01. The van der Waals surface area contributed by atoms with E-state index in [1.54, 1.807) is 0 Å². The Balaban J connectivity index is 1.97. The molecule has 0 saturated carbocycles. The number of fused-ring (bicyclic) bond motifs is 1. The molecule has 5 heteroatoms. The largest absolute Gasteiger partial charge is 0.480 e. The van der Waals surface area contributed by atoms with E-state index in [4.69, 9.17) is 11.6 Å². The second-order valence-corrected chi connectivity index (χ2v) is 5.86. The first-order valence-corrected chi connectivity index (χ1v) is 7.46. The number of halogens is 1. The molecule has 1 atom stereocenters. The lowest BCUT2D eigenvalue weighted by atomic mass is 10.1. The van der Waals surface area contributed by atoms with Gasteiger partial charge < -0.3 is 5.11 Å². The van der Waals surface area contributed by atoms with Crippen molar-refractivity contribution in [3.05, 3.63) is 40.5 Å². The molecule has 0 radical (unpaired) electrons. The van der Waals surface area contributed by atoms with Crippen LogP contribution in [0.1, 0.15) is 24.1 Å². The number of carboxylic acid groups (broad SMARTS) is 1. The lowest BCUT2D eigenvalue weighted by Gasteiger charge is -2.21. The Hall–Kier alpha value is -1.65. The summed E-state index contributed by atoms with van der Waals surface area (Å²) in [7, 11) is 0. The van der Waals surface area contributed by atoms with E-state index < -0.39 is 12.0 Å². The van der Waals surface area contributed by atoms with Gasteiger partial charge in [-0.15, -0.1) is 0 Å². The van der Waals surface area contributed by atoms with Gasteiger partial charge in [0.05, 0.1) is 16.2 Å². The van der Waals surface area contributed by atoms with E-state index in [9.17, 15) is 9.90 Å². The highest BCUT2D eigenvalue weighted by Crippen LogP contribution is 2.29. The minimum atomic E-state index is -0.763. The highest BCUT2D eigenvalue weighted by Gasteiger charge is 2.31. The summed E-state index contributed by atoms with van der Waals surface area (Å²) >= 11 is 6.44. The maximum atomic E-state index is 11.3. The monoisotopic (exact) mass is 304 g/mol. The van der Waals surface area contributed by atoms with Crippen molar-refractivity contribution in [2.75, 3.05) is 6.54 Å². The van der Waals surface area contributed by atoms with Gasteiger partial charge in [-0.05, 0) is 37.9 Å². The molecule has 1 fully saturated rings. The summed E-state index contributed by atoms with van der Waals surface area (Å²) in [5.41, 5.74) is 2.67. The number of aryl methyl sites for hydroxylation is 1. The number of likely N-dealkylation sites (tertiary alicyclic amines) is 1. The molecule has 0 unspecified atom stereocenters. The number of aromatic nitrogens is 1. The van der Waals surface area contributed by atoms with Crippen LogP contribution >= 0.6 is 11.6 Å². The highest BCUT2D eigenvalue weighted by molar-refractivity contribution is 6.32. The zero-order valence-corrected chi connectivity index (χ0v) is 12.6. The van der Waals surface area contributed by atoms with Gasteiger partial charge in [0.1, 0.15) is 6.04 Å². The van der Waals surface area contributed by atoms with Gasteiger partial charge in [-0.25, -0.2) is 4.98 Å². The Kier molecular flexibility index (Phi) is 3.83. The van der Waals surface area contributed by atoms with Gasteiger partial charge in [-0.2, -0.15) is 0 Å². The summed E-state index contributed by atoms with van der Waals surface area (Å²) < 4.78 is 0. The number of benzene rings is 1. The number of hydrogen-bond acceptors (Lipinski definition) is 3. The van der Waals surface area contributed by atoms with E-state index in [1.807, 2.05) is 36.1 Å². The van der Waals surface area contributed by atoms with Crippen LogP contribution in [0.4, 0.5) is 0 Å². The maximum Gasteiger partial charge on any atom is 0.320 e. The van der Waals surface area contributed by atoms with Crippen molar-refractivity contribution < 1.29 is 9.90 Å². The molecule has 3 rings (SSSR count). The molecular weight excluding hydrogens is 288 g/mol. The number of carboxylic acids is 1. The topological polar surface area (TPSA) is 53.4 Å². The average Bonchev–Trinajstić information content (AvgIpc) is 2.93. The fraction of sp³-hybridized carbons (Fsp3) is 0.375. The lowest BCUT2D eigenvalue weighted by Crippen LogP contribution is -2.35. The first-order valence-electron chi connectivity index (χ1n) is 7.08. The molecule has 2 aromatic rings. The molecule has 0 spiro atoms. The van der Waals surface area contributed by atoms with Gasteiger partial charge >= 0.3 is 5.97 Å². The average molecular weight is 305 g/mol. The van der Waals surface area contributed by atoms with Crippen LogP contribution in [0.5, 0.6) is 0 Å². The van der Waals surface area contributed by atoms with Crippen molar-refractivity contribution in [1.29, 1.82) is 0 Å². The summed E-state index contributed by atoms with van der Waals surface area (Å²) in [6, 6.07) is 7.45. The van der Waals surface area contributed by atoms with Crippen LogP contribution in [-0.4, -0.2) is 33.5 Å². The third kappa shape index (κ3) is 2.61. The standard InChI is InChI=1S/C16H17ClN2O2/c1-10-11-5-2-3-6-12(11)18-13(15(10)17)9-19-8-4-7-14(19)16(20)21/h2-3,5-6,14H,4,7-9H2,1H3,(H,20,21)/t14-/m0/s1. The summed E-state index contributed by atoms with van der Waals surface area (Å²) in [5.74, 6) is -0.763. The Morgan fingerprint density at radius 3 is 3.00 bits per heavy atom. The molecule has 0 aliphatic carbocycles. The maximum absolute atomic E-state index is 11.3. The van der Waals surface area contributed by atoms with Crippen molar-refractivity contribution in [2.45, 2.75) is 32.4 Å². The van der Waals surface area contributed by atoms with Gasteiger partial charge in [0.2, 0.25) is 0 Å². The van der Waals surface area contributed by atoms with Crippen LogP contribution in [0.3, 0.4) is 0 Å². The van der Waals surface area contributed by atoms with E-state index >= 15 is 0 Å². The van der Waals surface area contributed by atoms with E-state index in [0.717, 1.165) is 35.1 Å². The van der Waals surface area contributed by atoms with Gasteiger partial charge in [0.15, 0.2) is 0 Å². The third-order valence-electron chi connectivity index (χ3n) is 4.15. The zero-order chi connectivity index (χ0) is 15.0. The van der Waals surface area contributed by atoms with Crippen LogP contribution in [0.25, 0.3) is 10.9 Å². The van der Waals surface area contributed by atoms with Crippen molar-refractivity contribution in [3.8, 4) is 0 Å². The van der Waals surface area contributed by atoms with Gasteiger partial charge in [-0.3, -0.25) is 9.69 Å². The van der Waals surface area contributed by atoms with Gasteiger partial charge in [0, 0.05) is 11.9 Å². The van der Waals surface area contributed by atoms with Crippen LogP contribution in [-0.2, 0) is 11.3 Å². The molecule has 2 heterocycles.